The van der Waals surface area contributed by atoms with Gasteiger partial charge < -0.3 is 10.7 Å². The molecule has 0 saturated carbocycles. The van der Waals surface area contributed by atoms with Crippen LogP contribution in [0.25, 0.3) is 10.8 Å². The maximum Gasteiger partial charge on any atom is 0.219 e. The van der Waals surface area contributed by atoms with E-state index in [9.17, 15) is 9.18 Å². The van der Waals surface area contributed by atoms with Gasteiger partial charge in [0.1, 0.15) is 6.17 Å². The molecular weight excluding hydrogens is 379 g/mol. The summed E-state index contributed by atoms with van der Waals surface area (Å²) in [7, 11) is 1.64. The first kappa shape index (κ1) is 25.8. The maximum absolute atomic E-state index is 14.2. The first-order valence-electron chi connectivity index (χ1n) is 9.55. The minimum Gasteiger partial charge on any atom is -0.311 e. The minimum absolute atomic E-state index is 0.177. The lowest BCUT2D eigenvalue weighted by Crippen LogP contribution is -2.28. The Morgan fingerprint density at radius 3 is 2.54 bits per heavy atom. The largest absolute Gasteiger partial charge is 0.311 e. The van der Waals surface area contributed by atoms with Crippen molar-refractivity contribution in [3.8, 4) is 0 Å². The number of benzene rings is 1. The fourth-order valence-corrected chi connectivity index (χ4v) is 2.71. The number of halogens is 2. The highest BCUT2D eigenvalue weighted by atomic mass is 35.5. The number of carbonyl (C=O) groups excluding carboxylic acids is 1. The topological polar surface area (TPSA) is 58.4 Å². The Morgan fingerprint density at radius 1 is 1.29 bits per heavy atom. The molecule has 1 heterocycles. The van der Waals surface area contributed by atoms with Crippen LogP contribution in [0.5, 0.6) is 0 Å². The van der Waals surface area contributed by atoms with Crippen molar-refractivity contribution in [2.75, 3.05) is 20.1 Å². The summed E-state index contributed by atoms with van der Waals surface area (Å²) in [5.41, 5.74) is 3.82. The predicted octanol–water partition coefficient (Wildman–Crippen LogP) is 4.08. The third-order valence-corrected chi connectivity index (χ3v) is 3.77. The van der Waals surface area contributed by atoms with Gasteiger partial charge in [-0.25, -0.2) is 4.39 Å². The van der Waals surface area contributed by atoms with Crippen molar-refractivity contribution in [3.05, 3.63) is 53.1 Å². The van der Waals surface area contributed by atoms with Crippen molar-refractivity contribution in [1.82, 2.24) is 15.3 Å². The second-order valence-corrected chi connectivity index (χ2v) is 5.70. The first-order valence-corrected chi connectivity index (χ1v) is 9.93. The average molecular weight is 411 g/mol. The van der Waals surface area contributed by atoms with Gasteiger partial charge in [0.25, 0.3) is 0 Å². The number of nitrogens with one attached hydrogen (secondary N) is 2. The van der Waals surface area contributed by atoms with Gasteiger partial charge in [0.05, 0.1) is 0 Å². The number of nitrogens with zero attached hydrogens (tertiary/aromatic N) is 2. The number of hydrogen-bond acceptors (Lipinski definition) is 4. The number of pyridine rings is 1. The van der Waals surface area contributed by atoms with Crippen LogP contribution in [-0.4, -0.2) is 37.3 Å². The van der Waals surface area contributed by atoms with E-state index in [-0.39, 0.29) is 13.0 Å². The summed E-state index contributed by atoms with van der Waals surface area (Å²) in [4.78, 5) is 11.4. The number of alkyl halides is 1. The van der Waals surface area contributed by atoms with E-state index in [1.807, 2.05) is 33.8 Å². The molecule has 0 aliphatic rings. The molecule has 5 nitrogen and oxygen atoms in total. The summed E-state index contributed by atoms with van der Waals surface area (Å²) in [6, 6.07) is 5.28. The van der Waals surface area contributed by atoms with Crippen LogP contribution in [0.4, 0.5) is 4.39 Å². The van der Waals surface area contributed by atoms with Crippen molar-refractivity contribution < 1.29 is 9.18 Å². The van der Waals surface area contributed by atoms with Crippen LogP contribution in [0, 0.1) is 0 Å². The molecule has 1 aromatic heterocycles. The molecule has 156 valence electrons. The molecule has 1 aromatic carbocycles. The summed E-state index contributed by atoms with van der Waals surface area (Å²) in [5, 5.41) is 9.11. The van der Waals surface area contributed by atoms with Gasteiger partial charge in [-0.05, 0) is 23.1 Å². The van der Waals surface area contributed by atoms with Crippen LogP contribution < -0.4 is 16.2 Å². The Balaban J connectivity index is 0.00000171. The van der Waals surface area contributed by atoms with Crippen LogP contribution in [0.15, 0.2) is 42.2 Å². The molecule has 0 aliphatic heterocycles. The number of fused-ring (bicyclic) bond motifs is 1. The quantitative estimate of drug-likeness (QED) is 0.298. The fraction of sp³-hybridized carbons (Fsp3) is 0.429. The zero-order valence-electron chi connectivity index (χ0n) is 17.4. The molecule has 0 bridgehead atoms. The highest BCUT2D eigenvalue weighted by Gasteiger charge is 2.13. The van der Waals surface area contributed by atoms with Crippen molar-refractivity contribution in [2.24, 2.45) is 5.10 Å². The molecule has 0 spiro atoms. The SMILES string of the molecule is C=CCNCC(F)Cc1cn(C=O)/c(=N\NC)c2cc(Cl)ccc12.CC.CC. The van der Waals surface area contributed by atoms with E-state index in [0.29, 0.717) is 28.9 Å². The molecule has 0 fully saturated rings. The van der Waals surface area contributed by atoms with E-state index in [2.05, 4.69) is 22.4 Å². The lowest BCUT2D eigenvalue weighted by molar-refractivity contribution is 0.321. The number of rotatable bonds is 8. The van der Waals surface area contributed by atoms with Crippen LogP contribution in [0.2, 0.25) is 5.02 Å². The third kappa shape index (κ3) is 7.44. The Labute approximate surface area is 172 Å². The van der Waals surface area contributed by atoms with Crippen LogP contribution in [0.3, 0.4) is 0 Å². The zero-order valence-corrected chi connectivity index (χ0v) is 18.2. The maximum atomic E-state index is 14.2. The van der Waals surface area contributed by atoms with E-state index in [4.69, 9.17) is 11.6 Å². The highest BCUT2D eigenvalue weighted by molar-refractivity contribution is 6.31. The predicted molar refractivity (Wildman–Crippen MR) is 118 cm³/mol. The zero-order chi connectivity index (χ0) is 21.5. The van der Waals surface area contributed by atoms with Crippen molar-refractivity contribution in [2.45, 2.75) is 40.3 Å². The van der Waals surface area contributed by atoms with Gasteiger partial charge in [0.15, 0.2) is 5.49 Å². The van der Waals surface area contributed by atoms with Crippen molar-refractivity contribution in [3.63, 3.8) is 0 Å². The van der Waals surface area contributed by atoms with Gasteiger partial charge in [0.2, 0.25) is 6.41 Å². The van der Waals surface area contributed by atoms with Crippen molar-refractivity contribution >= 4 is 28.8 Å². The van der Waals surface area contributed by atoms with E-state index in [1.165, 1.54) is 4.57 Å². The Kier molecular flexibility index (Phi) is 13.7. The van der Waals surface area contributed by atoms with Gasteiger partial charge in [0, 0.05) is 43.2 Å². The first-order chi connectivity index (χ1) is 13.6. The monoisotopic (exact) mass is 410 g/mol. The number of hydrogen-bond donors (Lipinski definition) is 2. The second kappa shape index (κ2) is 14.8. The standard InChI is InChI=1S/C17H20ClFN4O.2C2H6/c1-3-6-21-9-14(19)7-12-10-23(11-24)17(22-20-2)16-8-13(18)4-5-15(12)16;2*1-2/h3-5,8,10-11,14,20-21H,1,6-7,9H2,2H3;2*1-2H3/b22-17-;;. The molecule has 2 aromatic rings. The molecular formula is C21H32ClFN4O. The molecule has 2 N–H and O–H groups in total. The van der Waals surface area contributed by atoms with Crippen molar-refractivity contribution in [1.29, 1.82) is 0 Å². The molecule has 2 rings (SSSR count). The fourth-order valence-electron chi connectivity index (χ4n) is 2.54. The lowest BCUT2D eigenvalue weighted by atomic mass is 10.0. The van der Waals surface area contributed by atoms with Gasteiger partial charge in [-0.15, -0.1) is 6.58 Å². The summed E-state index contributed by atoms with van der Waals surface area (Å²) < 4.78 is 15.6. The van der Waals surface area contributed by atoms with E-state index >= 15 is 0 Å². The summed E-state index contributed by atoms with van der Waals surface area (Å²) in [6.07, 6.45) is 3.02. The Morgan fingerprint density at radius 2 is 1.96 bits per heavy atom. The molecule has 7 heteroatoms. The smallest absolute Gasteiger partial charge is 0.219 e. The summed E-state index contributed by atoms with van der Waals surface area (Å²) >= 11 is 6.08. The number of carbonyl (C=O) groups is 1. The highest BCUT2D eigenvalue weighted by Crippen LogP contribution is 2.21. The van der Waals surface area contributed by atoms with Gasteiger partial charge >= 0.3 is 0 Å². The van der Waals surface area contributed by atoms with Crippen LogP contribution in [-0.2, 0) is 11.2 Å². The Hall–Kier alpha value is -2.18. The molecule has 0 radical (unpaired) electrons. The van der Waals surface area contributed by atoms with E-state index in [1.54, 1.807) is 31.5 Å². The summed E-state index contributed by atoms with van der Waals surface area (Å²) in [5.74, 6) is 0. The Bertz CT molecular complexity index is 805. The molecule has 0 amide bonds. The molecule has 1 unspecified atom stereocenters. The van der Waals surface area contributed by atoms with Crippen LogP contribution in [0.1, 0.15) is 33.3 Å². The molecule has 1 atom stereocenters. The minimum atomic E-state index is -1.09. The van der Waals surface area contributed by atoms with E-state index < -0.39 is 6.17 Å². The summed E-state index contributed by atoms with van der Waals surface area (Å²) in [6.45, 7) is 12.3. The molecule has 28 heavy (non-hydrogen) atoms. The average Bonchev–Trinajstić information content (AvgIpc) is 2.72. The number of aromatic nitrogens is 1. The normalized spacial score (nSPS) is 11.6. The molecule has 0 aliphatic carbocycles. The van der Waals surface area contributed by atoms with E-state index in [0.717, 1.165) is 10.9 Å². The third-order valence-electron chi connectivity index (χ3n) is 3.54. The molecule has 0 saturated heterocycles. The lowest BCUT2D eigenvalue weighted by Gasteiger charge is -2.13. The van der Waals surface area contributed by atoms with Crippen LogP contribution >= 0.6 is 11.6 Å². The van der Waals surface area contributed by atoms with Gasteiger partial charge in [-0.2, -0.15) is 5.10 Å². The van der Waals surface area contributed by atoms with Gasteiger partial charge in [-0.1, -0.05) is 51.4 Å². The second-order valence-electron chi connectivity index (χ2n) is 5.26. The van der Waals surface area contributed by atoms with Gasteiger partial charge in [-0.3, -0.25) is 9.36 Å².